The summed E-state index contributed by atoms with van der Waals surface area (Å²) in [6, 6.07) is 17.8. The van der Waals surface area contributed by atoms with Crippen molar-refractivity contribution in [1.29, 1.82) is 5.41 Å². The van der Waals surface area contributed by atoms with Crippen LogP contribution in [0.4, 0.5) is 0 Å². The van der Waals surface area contributed by atoms with Crippen molar-refractivity contribution >= 4 is 118 Å². The maximum Gasteiger partial charge on any atom is 0.367 e. The predicted octanol–water partition coefficient (Wildman–Crippen LogP) is 3.09. The third-order valence-corrected chi connectivity index (χ3v) is 15.6. The minimum absolute atomic E-state index is 0.0190. The summed E-state index contributed by atoms with van der Waals surface area (Å²) >= 11 is 18.5. The molecule has 3 aromatic rings. The van der Waals surface area contributed by atoms with Gasteiger partial charge in [-0.15, -0.1) is 0 Å². The molecule has 0 radical (unpaired) electrons. The fourth-order valence-corrected chi connectivity index (χ4v) is 11.4. The van der Waals surface area contributed by atoms with E-state index in [2.05, 4.69) is 10.6 Å². The molecule has 17 atom stereocenters. The van der Waals surface area contributed by atoms with Crippen molar-refractivity contribution < 1.29 is 143 Å². The summed E-state index contributed by atoms with van der Waals surface area (Å²) in [6.45, 7) is 4.57. The average Bonchev–Trinajstić information content (AvgIpc) is 0.739. The standard InChI is InChI=1S/C64H70Cl3N3O30/c1-30(71)69-46-42(89-34(5)75)26-63(99-51(46)48(91-36(7)77)43(90-35(6)76)27-85-32(3)73)61(83)87-29-45(97-63)50(92-37(8)78)52-47(70-31(2)72)41(88-33(4)74)25-62(98-52,60(82)84-9)100-53-49(94-56(80)39-21-15-11-16-22-39)44(28-86-55(79)38-19-13-10-14-20-38)93-58(96-59(68)64(65,66)67)54(53)95-57(81)40-23-17-12-18-24-40/h10-24,41-54,58,68H,25-29H2,1-9H3,(H,69,71)(H,70,72)/t41-,42-,43+,44+,45+,46+,47+,48+,49-,50+,51+,52+,53-,54+,58-,62-,63+/m0/s1. The van der Waals surface area contributed by atoms with E-state index < -0.39 is 223 Å². The topological polar surface area (TPSA) is 427 Å². The number of carbonyl (C=O) groups is 13. The SMILES string of the molecule is COC(=O)[C@@]1(O[C@H]2[C@@H](OC(=O)c3ccccc3)[C@@H](COC(=O)c3ccccc3)O[C@@H](OC(=N)C(Cl)(Cl)Cl)[C@@H]2OC(=O)c2ccccc2)C[C@H](OC(C)=O)[C@@H](NC(C)=O)[C@H]([C@H](OC(C)=O)[C@H]2COC(=O)[C@]3(C[C@H](OC(C)=O)[C@@H](NC(C)=O)[C@H]([C@H](OC(C)=O)[C@@H](COC(C)=O)OC(C)=O)O3)O2)O1. The van der Waals surface area contributed by atoms with E-state index in [0.29, 0.717) is 0 Å². The lowest BCUT2D eigenvalue weighted by molar-refractivity contribution is -0.375. The number of esters is 11. The van der Waals surface area contributed by atoms with Crippen LogP contribution in [0.5, 0.6) is 0 Å². The van der Waals surface area contributed by atoms with Crippen molar-refractivity contribution in [2.45, 2.75) is 175 Å². The van der Waals surface area contributed by atoms with Crippen molar-refractivity contribution in [3.63, 3.8) is 0 Å². The van der Waals surface area contributed by atoms with Crippen LogP contribution in [0.25, 0.3) is 0 Å². The molecule has 0 bridgehead atoms. The summed E-state index contributed by atoms with van der Waals surface area (Å²) in [5.74, 6) is -22.6. The van der Waals surface area contributed by atoms with Crippen molar-refractivity contribution in [2.75, 3.05) is 26.9 Å². The number of rotatable bonds is 24. The number of nitrogens with one attached hydrogen (secondary N) is 3. The van der Waals surface area contributed by atoms with Crippen LogP contribution in [0.2, 0.25) is 0 Å². The van der Waals surface area contributed by atoms with Gasteiger partial charge < -0.3 is 91.2 Å². The second-order valence-electron chi connectivity index (χ2n) is 22.7. The van der Waals surface area contributed by atoms with Gasteiger partial charge in [-0.2, -0.15) is 0 Å². The van der Waals surface area contributed by atoms with Gasteiger partial charge >= 0.3 is 65.7 Å². The van der Waals surface area contributed by atoms with Gasteiger partial charge in [0.2, 0.25) is 24.0 Å². The molecule has 542 valence electrons. The number of methoxy groups -OCH3 is 1. The maximum atomic E-state index is 15.4. The average molecular weight is 1470 g/mol. The molecule has 4 heterocycles. The molecule has 4 fully saturated rings. The van der Waals surface area contributed by atoms with Crippen molar-refractivity contribution in [3.05, 3.63) is 108 Å². The zero-order chi connectivity index (χ0) is 73.6. The van der Waals surface area contributed by atoms with Crippen LogP contribution in [0, 0.1) is 5.41 Å². The van der Waals surface area contributed by atoms with Crippen LogP contribution in [0.1, 0.15) is 99.3 Å². The minimum atomic E-state index is -3.34. The molecule has 0 aliphatic carbocycles. The molecule has 3 N–H and O–H groups in total. The predicted molar refractivity (Wildman–Crippen MR) is 333 cm³/mol. The van der Waals surface area contributed by atoms with Crippen molar-refractivity contribution in [2.24, 2.45) is 0 Å². The van der Waals surface area contributed by atoms with Crippen LogP contribution in [0.3, 0.4) is 0 Å². The molecule has 36 heteroatoms. The smallest absolute Gasteiger partial charge is 0.367 e. The Morgan fingerprint density at radius 1 is 0.570 bits per heavy atom. The first-order valence-corrected chi connectivity index (χ1v) is 31.5. The molecule has 7 rings (SSSR count). The van der Waals surface area contributed by atoms with E-state index in [4.69, 9.17) is 121 Å². The van der Waals surface area contributed by atoms with Crippen molar-refractivity contribution in [3.8, 4) is 0 Å². The number of carbonyl (C=O) groups excluding carboxylic acids is 13. The minimum Gasteiger partial charge on any atom is -0.465 e. The van der Waals surface area contributed by atoms with Gasteiger partial charge in [0.05, 0.1) is 48.7 Å². The molecule has 4 aliphatic heterocycles. The molecule has 3 aromatic carbocycles. The van der Waals surface area contributed by atoms with Gasteiger partial charge in [-0.1, -0.05) is 89.4 Å². The van der Waals surface area contributed by atoms with E-state index in [0.717, 1.165) is 62.5 Å². The second kappa shape index (κ2) is 34.3. The van der Waals surface area contributed by atoms with Crippen LogP contribution in [-0.2, 0) is 128 Å². The number of ether oxygens (including phenoxy) is 17. The molecule has 100 heavy (non-hydrogen) atoms. The number of benzene rings is 3. The summed E-state index contributed by atoms with van der Waals surface area (Å²) in [5.41, 5.74) is -0.379. The number of alkyl halides is 3. The van der Waals surface area contributed by atoms with Crippen LogP contribution >= 0.6 is 34.8 Å². The van der Waals surface area contributed by atoms with Crippen LogP contribution in [-0.4, -0.2) is 217 Å². The van der Waals surface area contributed by atoms with Gasteiger partial charge in [-0.05, 0) is 36.4 Å². The lowest BCUT2D eigenvalue weighted by atomic mass is 9.86. The summed E-state index contributed by atoms with van der Waals surface area (Å²) in [7, 11) is 0.805. The molecule has 4 aliphatic rings. The Morgan fingerprint density at radius 2 is 1.07 bits per heavy atom. The molecule has 1 spiro atoms. The first-order chi connectivity index (χ1) is 47.1. The van der Waals surface area contributed by atoms with Gasteiger partial charge in [0.1, 0.15) is 62.5 Å². The fraction of sp³-hybridized carbons (Fsp3) is 0.500. The highest BCUT2D eigenvalue weighted by Crippen LogP contribution is 2.45. The van der Waals surface area contributed by atoms with Crippen LogP contribution in [0.15, 0.2) is 91.0 Å². The lowest BCUT2D eigenvalue weighted by Crippen LogP contribution is -2.74. The Balaban J connectivity index is 1.47. The number of hydrogen-bond acceptors (Lipinski definition) is 31. The summed E-state index contributed by atoms with van der Waals surface area (Å²) < 4.78 is 99.3. The number of halogens is 3. The Hall–Kier alpha value is -9.09. The summed E-state index contributed by atoms with van der Waals surface area (Å²) in [6.07, 6.45) is -30.0. The third-order valence-electron chi connectivity index (χ3n) is 15.1. The summed E-state index contributed by atoms with van der Waals surface area (Å²) in [5, 5.41) is 13.8. The highest BCUT2D eigenvalue weighted by Gasteiger charge is 2.67. The van der Waals surface area contributed by atoms with Gasteiger partial charge in [-0.3, -0.25) is 43.8 Å². The second-order valence-corrected chi connectivity index (χ2v) is 25.0. The Kier molecular flexibility index (Phi) is 26.9. The summed E-state index contributed by atoms with van der Waals surface area (Å²) in [4.78, 5) is 178. The molecule has 0 saturated carbocycles. The Morgan fingerprint density at radius 3 is 1.55 bits per heavy atom. The first-order valence-electron chi connectivity index (χ1n) is 30.4. The lowest BCUT2D eigenvalue weighted by Gasteiger charge is -2.53. The van der Waals surface area contributed by atoms with Gasteiger partial charge in [-0.25, -0.2) is 24.0 Å². The van der Waals surface area contributed by atoms with E-state index in [1.54, 1.807) is 18.2 Å². The highest BCUT2D eigenvalue weighted by molar-refractivity contribution is 6.76. The zero-order valence-electron chi connectivity index (χ0n) is 54.7. The molecular formula is C64H70Cl3N3O30. The van der Waals surface area contributed by atoms with Crippen LogP contribution < -0.4 is 10.6 Å². The normalized spacial score (nSPS) is 27.2. The number of amides is 2. The van der Waals surface area contributed by atoms with E-state index in [1.165, 1.54) is 72.8 Å². The van der Waals surface area contributed by atoms with E-state index in [9.17, 15) is 57.5 Å². The largest absolute Gasteiger partial charge is 0.465 e. The number of cyclic esters (lactones) is 1. The molecule has 2 amide bonds. The first kappa shape index (κ1) is 78.3. The van der Waals surface area contributed by atoms with Gasteiger partial charge in [0, 0.05) is 55.4 Å². The Labute approximate surface area is 584 Å². The highest BCUT2D eigenvalue weighted by atomic mass is 35.6. The third kappa shape index (κ3) is 20.3. The molecule has 0 unspecified atom stereocenters. The quantitative estimate of drug-likeness (QED) is 0.0381. The van der Waals surface area contributed by atoms with E-state index >= 15 is 4.79 Å². The van der Waals surface area contributed by atoms with Gasteiger partial charge in [0.25, 0.3) is 15.4 Å². The van der Waals surface area contributed by atoms with Gasteiger partial charge in [0.15, 0.2) is 30.5 Å². The number of hydrogen-bond donors (Lipinski definition) is 3. The van der Waals surface area contributed by atoms with E-state index in [1.807, 2.05) is 0 Å². The monoisotopic (exact) mass is 1470 g/mol. The van der Waals surface area contributed by atoms with E-state index in [-0.39, 0.29) is 16.7 Å². The molecular weight excluding hydrogens is 1400 g/mol. The van der Waals surface area contributed by atoms with Crippen molar-refractivity contribution in [1.82, 2.24) is 10.6 Å². The molecule has 33 nitrogen and oxygen atoms in total. The zero-order valence-corrected chi connectivity index (χ0v) is 57.0. The maximum absolute atomic E-state index is 15.4. The Bertz CT molecular complexity index is 3530. The molecule has 0 aromatic heterocycles. The fourth-order valence-electron chi connectivity index (χ4n) is 11.2. The molecule has 4 saturated heterocycles.